The number of amides is 2. The van der Waals surface area contributed by atoms with Gasteiger partial charge in [0, 0.05) is 74.0 Å². The Labute approximate surface area is 343 Å². The van der Waals surface area contributed by atoms with Gasteiger partial charge in [-0.1, -0.05) is 24.3 Å². The van der Waals surface area contributed by atoms with E-state index in [1.807, 2.05) is 71.6 Å². The minimum atomic E-state index is -0.279. The van der Waals surface area contributed by atoms with Crippen molar-refractivity contribution in [1.82, 2.24) is 23.9 Å². The zero-order chi connectivity index (χ0) is 39.2. The van der Waals surface area contributed by atoms with Crippen molar-refractivity contribution >= 4 is 46.6 Å². The van der Waals surface area contributed by atoms with Crippen molar-refractivity contribution in [3.63, 3.8) is 0 Å². The number of aromatic hydroxyl groups is 1. The minimum absolute atomic E-state index is 0. The van der Waals surface area contributed by atoms with E-state index in [0.717, 1.165) is 74.4 Å². The van der Waals surface area contributed by atoms with E-state index < -0.39 is 0 Å². The number of hydrogen-bond donors (Lipinski definition) is 1. The molecule has 3 aliphatic rings. The van der Waals surface area contributed by atoms with Gasteiger partial charge in [-0.05, 0) is 98.5 Å². The average Bonchev–Trinajstić information content (AvgIpc) is 3.94. The number of pyridine rings is 1. The maximum absolute atomic E-state index is 15.1. The summed E-state index contributed by atoms with van der Waals surface area (Å²) in [5.41, 5.74) is 7.40. The molecule has 58 heavy (non-hydrogen) atoms. The third-order valence-electron chi connectivity index (χ3n) is 11.8. The minimum Gasteiger partial charge on any atom is -0.508 e. The number of aromatic nitrogens is 3. The number of rotatable bonds is 9. The average molecular weight is 803 g/mol. The predicted octanol–water partition coefficient (Wildman–Crippen LogP) is 7.40. The number of nitrogens with zero attached hydrogens (tertiary/aromatic N) is 6. The number of ether oxygens (including phenoxy) is 3. The Morgan fingerprint density at radius 3 is 2.41 bits per heavy atom. The van der Waals surface area contributed by atoms with Crippen molar-refractivity contribution in [3.05, 3.63) is 119 Å². The molecule has 3 aliphatic heterocycles. The van der Waals surface area contributed by atoms with Crippen LogP contribution in [-0.2, 0) is 31.8 Å². The molecular formula is C45H47ClN6O6. The molecule has 0 bridgehead atoms. The number of phenols is 1. The van der Waals surface area contributed by atoms with Gasteiger partial charge in [0.05, 0.1) is 36.2 Å². The van der Waals surface area contributed by atoms with Crippen LogP contribution in [0, 0.1) is 6.92 Å². The van der Waals surface area contributed by atoms with E-state index in [-0.39, 0.29) is 42.8 Å². The fraction of sp³-hybridized carbons (Fsp3) is 0.311. The second-order valence-corrected chi connectivity index (χ2v) is 15.2. The van der Waals surface area contributed by atoms with Crippen molar-refractivity contribution < 1.29 is 28.9 Å². The predicted molar refractivity (Wildman–Crippen MR) is 225 cm³/mol. The number of anilines is 2. The fourth-order valence-corrected chi connectivity index (χ4v) is 8.49. The van der Waals surface area contributed by atoms with Crippen molar-refractivity contribution in [3.8, 4) is 28.5 Å². The first kappa shape index (κ1) is 39.0. The quantitative estimate of drug-likeness (QED) is 0.161. The van der Waals surface area contributed by atoms with Crippen LogP contribution in [-0.4, -0.2) is 86.5 Å². The normalized spacial score (nSPS) is 16.3. The molecule has 1 saturated heterocycles. The second-order valence-electron chi connectivity index (χ2n) is 15.2. The molecule has 1 atom stereocenters. The standard InChI is InChI=1S/C45H46N6O6.ClH/c1-29-37(45(54)51(33-10-12-36(52)13-11-33)35-22-31-14-16-47(2)43(31)46-26-35)23-40(48(29)3)38-24-41-42(57-28-56-41)25-39(38)44(53)50-27-32-8-5-4-7-30(32)21-34(50)9-6-15-49-17-19-55-20-18-49;/h4-5,7-8,10-14,16,22-26,34,52H,6,9,15,17-21,27-28H2,1-3H3;1H/t34-;/m1./s1. The number of hydrogen-bond acceptors (Lipinski definition) is 8. The smallest absolute Gasteiger partial charge is 0.264 e. The van der Waals surface area contributed by atoms with Gasteiger partial charge >= 0.3 is 0 Å². The van der Waals surface area contributed by atoms with E-state index in [1.54, 1.807) is 41.4 Å². The Hall–Kier alpha value is -5.82. The van der Waals surface area contributed by atoms with Crippen molar-refractivity contribution in [2.45, 2.75) is 38.8 Å². The van der Waals surface area contributed by atoms with Crippen LogP contribution in [0.3, 0.4) is 0 Å². The Morgan fingerprint density at radius 2 is 1.64 bits per heavy atom. The van der Waals surface area contributed by atoms with Gasteiger partial charge in [0.15, 0.2) is 11.5 Å². The van der Waals surface area contributed by atoms with Gasteiger partial charge < -0.3 is 33.4 Å². The molecule has 6 heterocycles. The van der Waals surface area contributed by atoms with Crippen LogP contribution in [0.25, 0.3) is 22.3 Å². The number of phenolic OH excluding ortho intramolecular Hbond substituents is 1. The molecule has 3 aromatic heterocycles. The summed E-state index contributed by atoms with van der Waals surface area (Å²) >= 11 is 0. The molecule has 13 heteroatoms. The van der Waals surface area contributed by atoms with Gasteiger partial charge in [0.25, 0.3) is 11.8 Å². The largest absolute Gasteiger partial charge is 0.508 e. The summed E-state index contributed by atoms with van der Waals surface area (Å²) in [6, 6.07) is 24.4. The fourth-order valence-electron chi connectivity index (χ4n) is 8.49. The monoisotopic (exact) mass is 802 g/mol. The molecule has 0 unspecified atom stereocenters. The molecular weight excluding hydrogens is 756 g/mol. The lowest BCUT2D eigenvalue weighted by Crippen LogP contribution is -2.45. The van der Waals surface area contributed by atoms with E-state index in [1.165, 1.54) is 5.56 Å². The van der Waals surface area contributed by atoms with E-state index in [9.17, 15) is 9.90 Å². The highest BCUT2D eigenvalue weighted by molar-refractivity contribution is 6.13. The summed E-state index contributed by atoms with van der Waals surface area (Å²) in [4.78, 5) is 40.8. The molecule has 2 amide bonds. The lowest BCUT2D eigenvalue weighted by atomic mass is 9.90. The summed E-state index contributed by atoms with van der Waals surface area (Å²) in [6.07, 6.45) is 6.24. The Kier molecular flexibility index (Phi) is 10.9. The van der Waals surface area contributed by atoms with E-state index in [4.69, 9.17) is 14.2 Å². The third kappa shape index (κ3) is 7.27. The van der Waals surface area contributed by atoms with Crippen LogP contribution in [0.2, 0.25) is 0 Å². The van der Waals surface area contributed by atoms with Gasteiger partial charge in [0.2, 0.25) is 6.79 Å². The topological polar surface area (TPSA) is 115 Å². The van der Waals surface area contributed by atoms with Crippen LogP contribution in [0.5, 0.6) is 17.2 Å². The molecule has 300 valence electrons. The first-order valence-electron chi connectivity index (χ1n) is 19.6. The third-order valence-corrected chi connectivity index (χ3v) is 11.8. The number of carbonyl (C=O) groups is 2. The van der Waals surface area contributed by atoms with Crippen molar-refractivity contribution in [2.75, 3.05) is 44.5 Å². The van der Waals surface area contributed by atoms with Crippen LogP contribution in [0.15, 0.2) is 91.3 Å². The summed E-state index contributed by atoms with van der Waals surface area (Å²) < 4.78 is 21.2. The highest BCUT2D eigenvalue weighted by Gasteiger charge is 2.34. The first-order chi connectivity index (χ1) is 27.7. The maximum atomic E-state index is 15.1. The molecule has 0 radical (unpaired) electrons. The van der Waals surface area contributed by atoms with Gasteiger partial charge in [-0.2, -0.15) is 0 Å². The number of benzene rings is 3. The zero-order valence-electron chi connectivity index (χ0n) is 32.9. The molecule has 9 rings (SSSR count). The van der Waals surface area contributed by atoms with Gasteiger partial charge in [-0.15, -0.1) is 12.4 Å². The molecule has 1 N–H and O–H groups in total. The van der Waals surface area contributed by atoms with Crippen LogP contribution >= 0.6 is 12.4 Å². The van der Waals surface area contributed by atoms with Crippen LogP contribution in [0.4, 0.5) is 11.4 Å². The lowest BCUT2D eigenvalue weighted by molar-refractivity contribution is 0.0353. The number of halogens is 1. The number of aryl methyl sites for hydroxylation is 1. The molecule has 0 spiro atoms. The summed E-state index contributed by atoms with van der Waals surface area (Å²) in [6.45, 7) is 6.82. The summed E-state index contributed by atoms with van der Waals surface area (Å²) in [7, 11) is 3.84. The molecule has 0 aliphatic carbocycles. The number of carbonyl (C=O) groups excluding carboxylic acids is 2. The highest BCUT2D eigenvalue weighted by Crippen LogP contribution is 2.42. The van der Waals surface area contributed by atoms with Gasteiger partial charge in [0.1, 0.15) is 11.4 Å². The highest BCUT2D eigenvalue weighted by atomic mass is 35.5. The van der Waals surface area contributed by atoms with Crippen LogP contribution < -0.4 is 14.4 Å². The van der Waals surface area contributed by atoms with Gasteiger partial charge in [-0.25, -0.2) is 4.98 Å². The lowest BCUT2D eigenvalue weighted by Gasteiger charge is -2.38. The molecule has 3 aromatic carbocycles. The van der Waals surface area contributed by atoms with E-state index in [0.29, 0.717) is 51.8 Å². The zero-order valence-corrected chi connectivity index (χ0v) is 33.7. The van der Waals surface area contributed by atoms with E-state index >= 15 is 4.79 Å². The SMILES string of the molecule is Cc1c(C(=O)N(c2ccc(O)cc2)c2cnc3c(ccn3C)c2)cc(-c2cc3c(cc2C(=O)N2Cc4ccccc4C[C@H]2CCCN2CCOCC2)OCO3)n1C.Cl. The second kappa shape index (κ2) is 16.2. The molecule has 6 aromatic rings. The van der Waals surface area contributed by atoms with Crippen molar-refractivity contribution in [1.29, 1.82) is 0 Å². The Morgan fingerprint density at radius 1 is 0.897 bits per heavy atom. The summed E-state index contributed by atoms with van der Waals surface area (Å²) in [5, 5.41) is 11.0. The van der Waals surface area contributed by atoms with Gasteiger partial charge in [-0.3, -0.25) is 19.4 Å². The van der Waals surface area contributed by atoms with Crippen molar-refractivity contribution in [2.24, 2.45) is 14.1 Å². The number of fused-ring (bicyclic) bond motifs is 3. The number of morpholine rings is 1. The Bertz CT molecular complexity index is 2490. The molecule has 0 saturated carbocycles. The maximum Gasteiger partial charge on any atom is 0.264 e. The first-order valence-corrected chi connectivity index (χ1v) is 19.6. The molecule has 12 nitrogen and oxygen atoms in total. The summed E-state index contributed by atoms with van der Waals surface area (Å²) in [5.74, 6) is 0.797. The Balaban J connectivity index is 0.00000469. The molecule has 1 fully saturated rings. The van der Waals surface area contributed by atoms with E-state index in [2.05, 4.69) is 28.1 Å². The van der Waals surface area contributed by atoms with Crippen LogP contribution in [0.1, 0.15) is 50.4 Å².